The van der Waals surface area contributed by atoms with Crippen LogP contribution in [-0.2, 0) is 10.0 Å². The number of halogens is 1. The third kappa shape index (κ3) is 4.07. The number of para-hydroxylation sites is 2. The lowest BCUT2D eigenvalue weighted by Crippen LogP contribution is -2.13. The number of hydrogen-bond acceptors (Lipinski definition) is 4. The van der Waals surface area contributed by atoms with E-state index in [4.69, 9.17) is 0 Å². The van der Waals surface area contributed by atoms with Gasteiger partial charge in [-0.15, -0.1) is 0 Å². The Morgan fingerprint density at radius 1 is 0.962 bits per heavy atom. The molecule has 0 atom stereocenters. The van der Waals surface area contributed by atoms with E-state index in [1.165, 1.54) is 54.7 Å². The first-order chi connectivity index (χ1) is 12.5. The Hall–Kier alpha value is -3.19. The number of phenolic OH excluding ortho intramolecular Hbond substituents is 1. The Balaban J connectivity index is 1.87. The van der Waals surface area contributed by atoms with E-state index < -0.39 is 15.8 Å². The lowest BCUT2D eigenvalue weighted by atomic mass is 10.2. The third-order valence-electron chi connectivity index (χ3n) is 3.54. The highest BCUT2D eigenvalue weighted by molar-refractivity contribution is 7.92. The van der Waals surface area contributed by atoms with Gasteiger partial charge in [0.1, 0.15) is 11.6 Å². The summed E-state index contributed by atoms with van der Waals surface area (Å²) in [7, 11) is -3.96. The molecule has 0 aliphatic heterocycles. The second kappa shape index (κ2) is 7.37. The SMILES string of the molecule is O=S(=O)(Nc1ccccc1F)c1cccc(N=Cc2ccccc2O)c1. The van der Waals surface area contributed by atoms with Crippen molar-refractivity contribution >= 4 is 27.6 Å². The Bertz CT molecular complexity index is 1070. The second-order valence-corrected chi connectivity index (χ2v) is 7.08. The molecule has 0 heterocycles. The van der Waals surface area contributed by atoms with Crippen molar-refractivity contribution in [3.8, 4) is 5.75 Å². The van der Waals surface area contributed by atoms with Gasteiger partial charge < -0.3 is 5.11 Å². The Kier molecular flexibility index (Phi) is 4.99. The van der Waals surface area contributed by atoms with Crippen molar-refractivity contribution in [1.82, 2.24) is 0 Å². The highest BCUT2D eigenvalue weighted by Gasteiger charge is 2.16. The number of aromatic hydroxyl groups is 1. The smallest absolute Gasteiger partial charge is 0.262 e. The van der Waals surface area contributed by atoms with Crippen LogP contribution in [0.3, 0.4) is 0 Å². The van der Waals surface area contributed by atoms with E-state index in [-0.39, 0.29) is 16.3 Å². The van der Waals surface area contributed by atoms with Gasteiger partial charge in [0, 0.05) is 11.8 Å². The Labute approximate surface area is 150 Å². The minimum absolute atomic E-state index is 0.0484. The fourth-order valence-electron chi connectivity index (χ4n) is 2.22. The summed E-state index contributed by atoms with van der Waals surface area (Å²) < 4.78 is 40.8. The number of benzene rings is 3. The molecular weight excluding hydrogens is 355 g/mol. The molecule has 0 aliphatic carbocycles. The van der Waals surface area contributed by atoms with Crippen LogP contribution in [-0.4, -0.2) is 19.7 Å². The zero-order valence-corrected chi connectivity index (χ0v) is 14.3. The molecule has 0 aliphatic rings. The van der Waals surface area contributed by atoms with Crippen molar-refractivity contribution in [2.45, 2.75) is 4.90 Å². The molecule has 0 saturated heterocycles. The number of aliphatic imine (C=N–C) groups is 1. The first-order valence-electron chi connectivity index (χ1n) is 7.65. The average molecular weight is 370 g/mol. The van der Waals surface area contributed by atoms with E-state index in [2.05, 4.69) is 9.71 Å². The van der Waals surface area contributed by atoms with Crippen LogP contribution < -0.4 is 4.72 Å². The largest absolute Gasteiger partial charge is 0.507 e. The van der Waals surface area contributed by atoms with Gasteiger partial charge in [0.05, 0.1) is 16.3 Å². The second-order valence-electron chi connectivity index (χ2n) is 5.40. The van der Waals surface area contributed by atoms with Gasteiger partial charge in [-0.05, 0) is 42.5 Å². The van der Waals surface area contributed by atoms with E-state index in [0.29, 0.717) is 11.3 Å². The van der Waals surface area contributed by atoms with Gasteiger partial charge in [0.2, 0.25) is 0 Å². The average Bonchev–Trinajstić information content (AvgIpc) is 2.63. The minimum Gasteiger partial charge on any atom is -0.507 e. The number of hydrogen-bond donors (Lipinski definition) is 2. The molecule has 0 amide bonds. The lowest BCUT2D eigenvalue weighted by Gasteiger charge is -2.09. The summed E-state index contributed by atoms with van der Waals surface area (Å²) in [4.78, 5) is 4.14. The zero-order valence-electron chi connectivity index (χ0n) is 13.5. The Morgan fingerprint density at radius 2 is 1.69 bits per heavy atom. The maximum Gasteiger partial charge on any atom is 0.262 e. The Morgan fingerprint density at radius 3 is 2.46 bits per heavy atom. The topological polar surface area (TPSA) is 78.8 Å². The van der Waals surface area contributed by atoms with Crippen LogP contribution in [0.1, 0.15) is 5.56 Å². The van der Waals surface area contributed by atoms with Crippen molar-refractivity contribution in [3.05, 3.63) is 84.2 Å². The van der Waals surface area contributed by atoms with E-state index in [0.717, 1.165) is 0 Å². The summed E-state index contributed by atoms with van der Waals surface area (Å²) in [6.07, 6.45) is 1.44. The lowest BCUT2D eigenvalue weighted by molar-refractivity contribution is 0.474. The summed E-state index contributed by atoms with van der Waals surface area (Å²) >= 11 is 0. The van der Waals surface area contributed by atoms with Crippen LogP contribution in [0.15, 0.2) is 82.7 Å². The van der Waals surface area contributed by atoms with Gasteiger partial charge in [0.15, 0.2) is 0 Å². The maximum absolute atomic E-state index is 13.7. The molecule has 26 heavy (non-hydrogen) atoms. The molecule has 3 aromatic rings. The molecule has 0 saturated carbocycles. The van der Waals surface area contributed by atoms with Crippen molar-refractivity contribution in [2.24, 2.45) is 4.99 Å². The van der Waals surface area contributed by atoms with Crippen LogP contribution in [0.25, 0.3) is 0 Å². The van der Waals surface area contributed by atoms with Crippen LogP contribution in [0.2, 0.25) is 0 Å². The van der Waals surface area contributed by atoms with Crippen LogP contribution in [0.4, 0.5) is 15.8 Å². The number of nitrogens with zero attached hydrogens (tertiary/aromatic N) is 1. The highest BCUT2D eigenvalue weighted by Crippen LogP contribution is 2.23. The van der Waals surface area contributed by atoms with Crippen molar-refractivity contribution in [3.63, 3.8) is 0 Å². The van der Waals surface area contributed by atoms with Gasteiger partial charge in [-0.2, -0.15) is 0 Å². The number of sulfonamides is 1. The van der Waals surface area contributed by atoms with Crippen LogP contribution >= 0.6 is 0 Å². The summed E-state index contributed by atoms with van der Waals surface area (Å²) in [6.45, 7) is 0. The number of nitrogens with one attached hydrogen (secondary N) is 1. The molecule has 132 valence electrons. The van der Waals surface area contributed by atoms with Gasteiger partial charge in [-0.3, -0.25) is 9.71 Å². The fourth-order valence-corrected chi connectivity index (χ4v) is 3.33. The molecule has 2 N–H and O–H groups in total. The molecule has 3 rings (SSSR count). The predicted octanol–water partition coefficient (Wildman–Crippen LogP) is 4.08. The minimum atomic E-state index is -3.96. The quantitative estimate of drug-likeness (QED) is 0.664. The van der Waals surface area contributed by atoms with Gasteiger partial charge in [-0.1, -0.05) is 30.3 Å². The van der Waals surface area contributed by atoms with E-state index in [1.54, 1.807) is 24.3 Å². The van der Waals surface area contributed by atoms with Crippen molar-refractivity contribution in [1.29, 1.82) is 0 Å². The monoisotopic (exact) mass is 370 g/mol. The summed E-state index contributed by atoms with van der Waals surface area (Å²) in [5.41, 5.74) is 0.755. The fraction of sp³-hybridized carbons (Fsp3) is 0. The van der Waals surface area contributed by atoms with E-state index in [9.17, 15) is 17.9 Å². The maximum atomic E-state index is 13.7. The third-order valence-corrected chi connectivity index (χ3v) is 4.90. The zero-order chi connectivity index (χ0) is 18.6. The molecular formula is C19H15FN2O3S. The summed E-state index contributed by atoms with van der Waals surface area (Å²) in [6, 6.07) is 18.1. The molecule has 3 aromatic carbocycles. The normalized spacial score (nSPS) is 11.6. The van der Waals surface area contributed by atoms with Crippen molar-refractivity contribution in [2.75, 3.05) is 4.72 Å². The first kappa shape index (κ1) is 17.6. The van der Waals surface area contributed by atoms with Crippen LogP contribution in [0.5, 0.6) is 5.75 Å². The van der Waals surface area contributed by atoms with E-state index in [1.807, 2.05) is 0 Å². The van der Waals surface area contributed by atoms with Gasteiger partial charge >= 0.3 is 0 Å². The summed E-state index contributed by atoms with van der Waals surface area (Å²) in [5.74, 6) is -0.592. The molecule has 0 spiro atoms. The molecule has 0 fully saturated rings. The molecule has 0 aromatic heterocycles. The number of anilines is 1. The summed E-state index contributed by atoms with van der Waals surface area (Å²) in [5, 5.41) is 9.73. The van der Waals surface area contributed by atoms with Gasteiger partial charge in [0.25, 0.3) is 10.0 Å². The molecule has 0 unspecified atom stereocenters. The highest BCUT2D eigenvalue weighted by atomic mass is 32.2. The van der Waals surface area contributed by atoms with E-state index >= 15 is 0 Å². The van der Waals surface area contributed by atoms with Crippen molar-refractivity contribution < 1.29 is 17.9 Å². The predicted molar refractivity (Wildman–Crippen MR) is 99.0 cm³/mol. The molecule has 0 bridgehead atoms. The molecule has 0 radical (unpaired) electrons. The first-order valence-corrected chi connectivity index (χ1v) is 9.13. The number of rotatable bonds is 5. The molecule has 7 heteroatoms. The molecule has 5 nitrogen and oxygen atoms in total. The number of phenols is 1. The van der Waals surface area contributed by atoms with Crippen LogP contribution in [0, 0.1) is 5.82 Å². The standard InChI is InChI=1S/C19H15FN2O3S/c20-17-9-2-3-10-18(17)22-26(24,25)16-8-5-7-15(12-16)21-13-14-6-1-4-11-19(14)23/h1-13,22-23H. The van der Waals surface area contributed by atoms with Gasteiger partial charge in [-0.25, -0.2) is 12.8 Å².